The minimum absolute atomic E-state index is 0.00731. The van der Waals surface area contributed by atoms with E-state index in [1.165, 1.54) is 19.3 Å². The molecule has 0 saturated carbocycles. The maximum absolute atomic E-state index is 13.2. The summed E-state index contributed by atoms with van der Waals surface area (Å²) < 4.78 is 0. The number of carbonyl (C=O) groups is 2. The van der Waals surface area contributed by atoms with Crippen molar-refractivity contribution >= 4 is 17.5 Å². The van der Waals surface area contributed by atoms with Gasteiger partial charge in [0.2, 0.25) is 5.91 Å². The van der Waals surface area contributed by atoms with Crippen molar-refractivity contribution in [2.45, 2.75) is 51.9 Å². The first-order valence-corrected chi connectivity index (χ1v) is 11.7. The normalized spacial score (nSPS) is 14.7. The molecule has 1 heterocycles. The van der Waals surface area contributed by atoms with Gasteiger partial charge in [0.15, 0.2) is 0 Å². The first kappa shape index (κ1) is 22.9. The summed E-state index contributed by atoms with van der Waals surface area (Å²) in [7, 11) is 0. The highest BCUT2D eigenvalue weighted by atomic mass is 16.2. The van der Waals surface area contributed by atoms with Crippen LogP contribution < -0.4 is 15.5 Å². The predicted molar refractivity (Wildman–Crippen MR) is 127 cm³/mol. The van der Waals surface area contributed by atoms with Crippen LogP contribution in [0.2, 0.25) is 0 Å². The summed E-state index contributed by atoms with van der Waals surface area (Å²) in [6, 6.07) is 15.7. The van der Waals surface area contributed by atoms with Crippen LogP contribution in [-0.2, 0) is 4.79 Å². The molecule has 0 aromatic heterocycles. The lowest BCUT2D eigenvalue weighted by atomic mass is 9.88. The zero-order valence-electron chi connectivity index (χ0n) is 18.8. The fourth-order valence-corrected chi connectivity index (χ4v) is 4.21. The van der Waals surface area contributed by atoms with Gasteiger partial charge in [0.25, 0.3) is 5.91 Å². The molecule has 0 bridgehead atoms. The maximum atomic E-state index is 13.2. The summed E-state index contributed by atoms with van der Waals surface area (Å²) in [5, 5.41) is 5.96. The van der Waals surface area contributed by atoms with Gasteiger partial charge in [0, 0.05) is 37.4 Å². The van der Waals surface area contributed by atoms with E-state index in [9.17, 15) is 9.59 Å². The first-order chi connectivity index (χ1) is 15.2. The molecular weight excluding hydrogens is 386 g/mol. The van der Waals surface area contributed by atoms with E-state index in [2.05, 4.69) is 34.6 Å². The van der Waals surface area contributed by atoms with Crippen molar-refractivity contribution in [3.05, 3.63) is 65.2 Å². The van der Waals surface area contributed by atoms with Gasteiger partial charge in [-0.3, -0.25) is 9.59 Å². The van der Waals surface area contributed by atoms with Gasteiger partial charge in [0.1, 0.15) is 0 Å². The van der Waals surface area contributed by atoms with Gasteiger partial charge in [-0.1, -0.05) is 43.7 Å². The highest BCUT2D eigenvalue weighted by Crippen LogP contribution is 2.34. The summed E-state index contributed by atoms with van der Waals surface area (Å²) in [6.45, 7) is 7.35. The van der Waals surface area contributed by atoms with Gasteiger partial charge in [-0.15, -0.1) is 0 Å². The van der Waals surface area contributed by atoms with Crippen molar-refractivity contribution in [2.24, 2.45) is 0 Å². The molecular formula is C26H35N3O2. The highest BCUT2D eigenvalue weighted by Gasteiger charge is 2.27. The van der Waals surface area contributed by atoms with Crippen LogP contribution in [0.25, 0.3) is 0 Å². The van der Waals surface area contributed by atoms with Gasteiger partial charge in [-0.05, 0) is 61.9 Å². The number of unbranched alkanes of at least 4 members (excludes halogenated alkanes) is 1. The van der Waals surface area contributed by atoms with Gasteiger partial charge in [0.05, 0.1) is 5.92 Å². The largest absolute Gasteiger partial charge is 0.371 e. The zero-order chi connectivity index (χ0) is 22.1. The van der Waals surface area contributed by atoms with Crippen molar-refractivity contribution in [1.82, 2.24) is 10.6 Å². The number of carbonyl (C=O) groups excluding carboxylic acids is 2. The second kappa shape index (κ2) is 11.5. The van der Waals surface area contributed by atoms with E-state index < -0.39 is 5.92 Å². The number of rotatable bonds is 9. The fourth-order valence-electron chi connectivity index (χ4n) is 4.21. The fraction of sp³-hybridized carbons (Fsp3) is 0.462. The van der Waals surface area contributed by atoms with Crippen LogP contribution in [0, 0.1) is 0 Å². The molecule has 0 spiro atoms. The Morgan fingerprint density at radius 3 is 2.32 bits per heavy atom. The number of benzene rings is 2. The lowest BCUT2D eigenvalue weighted by molar-refractivity contribution is -0.121. The zero-order valence-corrected chi connectivity index (χ0v) is 18.8. The SMILES string of the molecule is CCCCNC(=O)c1ccc(C(C(=O)NCC)c2ccccc2N2CCCCC2)cc1. The van der Waals surface area contributed by atoms with E-state index in [-0.39, 0.29) is 11.8 Å². The third-order valence-corrected chi connectivity index (χ3v) is 5.88. The number of nitrogens with one attached hydrogen (secondary N) is 2. The van der Waals surface area contributed by atoms with Crippen molar-refractivity contribution in [3.8, 4) is 0 Å². The molecule has 2 aromatic carbocycles. The summed E-state index contributed by atoms with van der Waals surface area (Å²) in [4.78, 5) is 27.9. The van der Waals surface area contributed by atoms with E-state index in [0.29, 0.717) is 18.7 Å². The molecule has 1 fully saturated rings. The van der Waals surface area contributed by atoms with Crippen LogP contribution in [0.4, 0.5) is 5.69 Å². The highest BCUT2D eigenvalue weighted by molar-refractivity contribution is 5.94. The van der Waals surface area contributed by atoms with Gasteiger partial charge in [-0.2, -0.15) is 0 Å². The quantitative estimate of drug-likeness (QED) is 0.587. The molecule has 1 unspecified atom stereocenters. The monoisotopic (exact) mass is 421 g/mol. The number of hydrogen-bond donors (Lipinski definition) is 2. The third kappa shape index (κ3) is 5.87. The van der Waals surface area contributed by atoms with E-state index in [1.807, 2.05) is 43.3 Å². The number of hydrogen-bond acceptors (Lipinski definition) is 3. The summed E-state index contributed by atoms with van der Waals surface area (Å²) >= 11 is 0. The lowest BCUT2D eigenvalue weighted by Crippen LogP contribution is -2.34. The van der Waals surface area contributed by atoms with Crippen LogP contribution in [0.15, 0.2) is 48.5 Å². The molecule has 5 heteroatoms. The van der Waals surface area contributed by atoms with Crippen LogP contribution >= 0.6 is 0 Å². The molecule has 1 aliphatic heterocycles. The number of nitrogens with zero attached hydrogens (tertiary/aromatic N) is 1. The van der Waals surface area contributed by atoms with Crippen molar-refractivity contribution < 1.29 is 9.59 Å². The Morgan fingerprint density at radius 2 is 1.65 bits per heavy atom. The Hall–Kier alpha value is -2.82. The average Bonchev–Trinajstić information content (AvgIpc) is 2.81. The molecule has 2 N–H and O–H groups in total. The van der Waals surface area contributed by atoms with Crippen LogP contribution in [0.1, 0.15) is 73.4 Å². The summed E-state index contributed by atoms with van der Waals surface area (Å²) in [6.07, 6.45) is 5.64. The molecule has 31 heavy (non-hydrogen) atoms. The number of anilines is 1. The molecule has 0 radical (unpaired) electrons. The number of para-hydroxylation sites is 1. The predicted octanol–water partition coefficient (Wildman–Crippen LogP) is 4.47. The second-order valence-electron chi connectivity index (χ2n) is 8.17. The Morgan fingerprint density at radius 1 is 0.935 bits per heavy atom. The minimum Gasteiger partial charge on any atom is -0.371 e. The second-order valence-corrected chi connectivity index (χ2v) is 8.17. The Bertz CT molecular complexity index is 857. The number of piperidine rings is 1. The van der Waals surface area contributed by atoms with Crippen molar-refractivity contribution in [3.63, 3.8) is 0 Å². The van der Waals surface area contributed by atoms with E-state index in [1.54, 1.807) is 0 Å². The first-order valence-electron chi connectivity index (χ1n) is 11.7. The topological polar surface area (TPSA) is 61.4 Å². The molecule has 3 rings (SSSR count). The maximum Gasteiger partial charge on any atom is 0.251 e. The molecule has 1 saturated heterocycles. The average molecular weight is 422 g/mol. The molecule has 1 atom stereocenters. The lowest BCUT2D eigenvalue weighted by Gasteiger charge is -2.32. The smallest absolute Gasteiger partial charge is 0.251 e. The standard InChI is InChI=1S/C26H35N3O2/c1-3-5-17-28-25(30)21-15-13-20(14-16-21)24(26(31)27-4-2)22-11-7-8-12-23(22)29-18-9-6-10-19-29/h7-8,11-16,24H,3-6,9-10,17-19H2,1-2H3,(H,27,31)(H,28,30). The van der Waals surface area contributed by atoms with Crippen LogP contribution in [-0.4, -0.2) is 38.0 Å². The molecule has 2 aromatic rings. The minimum atomic E-state index is -0.407. The van der Waals surface area contributed by atoms with Crippen molar-refractivity contribution in [2.75, 3.05) is 31.1 Å². The Kier molecular flexibility index (Phi) is 8.51. The molecule has 5 nitrogen and oxygen atoms in total. The van der Waals surface area contributed by atoms with Crippen molar-refractivity contribution in [1.29, 1.82) is 0 Å². The van der Waals surface area contributed by atoms with Crippen LogP contribution in [0.3, 0.4) is 0 Å². The molecule has 2 amide bonds. The van der Waals surface area contributed by atoms with Gasteiger partial charge < -0.3 is 15.5 Å². The summed E-state index contributed by atoms with van der Waals surface area (Å²) in [5.41, 5.74) is 3.69. The van der Waals surface area contributed by atoms with Gasteiger partial charge >= 0.3 is 0 Å². The van der Waals surface area contributed by atoms with Gasteiger partial charge in [-0.25, -0.2) is 0 Å². The van der Waals surface area contributed by atoms with E-state index >= 15 is 0 Å². The molecule has 0 aliphatic carbocycles. The number of amides is 2. The van der Waals surface area contributed by atoms with Crippen LogP contribution in [0.5, 0.6) is 0 Å². The molecule has 166 valence electrons. The van der Waals surface area contributed by atoms with E-state index in [0.717, 1.165) is 42.7 Å². The number of likely N-dealkylation sites (N-methyl/N-ethyl adjacent to an activating group) is 1. The Balaban J connectivity index is 1.90. The third-order valence-electron chi connectivity index (χ3n) is 5.88. The van der Waals surface area contributed by atoms with E-state index in [4.69, 9.17) is 0 Å². The summed E-state index contributed by atoms with van der Waals surface area (Å²) in [5.74, 6) is -0.481. The Labute approximate surface area is 186 Å². The molecule has 1 aliphatic rings.